The third-order valence-corrected chi connectivity index (χ3v) is 4.20. The number of nitrogen functional groups attached to an aromatic ring is 1. The van der Waals surface area contributed by atoms with Crippen molar-refractivity contribution < 1.29 is 0 Å². The van der Waals surface area contributed by atoms with Gasteiger partial charge in [0.25, 0.3) is 0 Å². The summed E-state index contributed by atoms with van der Waals surface area (Å²) in [6.07, 6.45) is 2.38. The first-order valence-electron chi connectivity index (χ1n) is 6.90. The number of benzene rings is 1. The van der Waals surface area contributed by atoms with E-state index < -0.39 is 0 Å². The van der Waals surface area contributed by atoms with Crippen LogP contribution in [0.25, 0.3) is 0 Å². The molecule has 0 aliphatic heterocycles. The number of rotatable bonds is 9. The molecule has 0 unspecified atom stereocenters. The van der Waals surface area contributed by atoms with Crippen molar-refractivity contribution in [2.24, 2.45) is 0 Å². The Labute approximate surface area is 116 Å². The smallest absolute Gasteiger partial charge is 0.0316 e. The van der Waals surface area contributed by atoms with Crippen molar-refractivity contribution in [3.05, 3.63) is 29.8 Å². The number of anilines is 1. The second kappa shape index (κ2) is 9.29. The van der Waals surface area contributed by atoms with Gasteiger partial charge in [0, 0.05) is 18.0 Å². The van der Waals surface area contributed by atoms with Crippen LogP contribution in [0.15, 0.2) is 24.3 Å². The first kappa shape index (κ1) is 15.4. The molecular weight excluding hydrogens is 240 g/mol. The lowest BCUT2D eigenvalue weighted by Crippen LogP contribution is -2.25. The quantitative estimate of drug-likeness (QED) is 0.549. The highest BCUT2D eigenvalue weighted by Crippen LogP contribution is 2.11. The Morgan fingerprint density at radius 2 is 1.94 bits per heavy atom. The highest BCUT2D eigenvalue weighted by atomic mass is 32.2. The average molecular weight is 266 g/mol. The largest absolute Gasteiger partial charge is 0.399 e. The van der Waals surface area contributed by atoms with Gasteiger partial charge in [0.1, 0.15) is 0 Å². The maximum absolute atomic E-state index is 5.76. The van der Waals surface area contributed by atoms with Crippen LogP contribution in [0.1, 0.15) is 25.8 Å². The molecular formula is C15H26N2S. The molecule has 0 spiro atoms. The van der Waals surface area contributed by atoms with Crippen LogP contribution in [-0.4, -0.2) is 36.0 Å². The summed E-state index contributed by atoms with van der Waals surface area (Å²) in [5.41, 5.74) is 8.00. The molecule has 1 rings (SSSR count). The van der Waals surface area contributed by atoms with Crippen molar-refractivity contribution in [3.8, 4) is 0 Å². The van der Waals surface area contributed by atoms with Crippen LogP contribution in [0.2, 0.25) is 0 Å². The van der Waals surface area contributed by atoms with Gasteiger partial charge >= 0.3 is 0 Å². The first-order chi connectivity index (χ1) is 8.76. The molecule has 102 valence electrons. The molecule has 0 aromatic heterocycles. The molecule has 0 atom stereocenters. The van der Waals surface area contributed by atoms with Crippen molar-refractivity contribution in [2.45, 2.75) is 26.7 Å². The SMILES string of the molecule is CCN(CC)CCSCCCc1cccc(N)c1. The molecule has 0 fully saturated rings. The zero-order valence-electron chi connectivity index (χ0n) is 11.7. The van der Waals surface area contributed by atoms with E-state index in [2.05, 4.69) is 42.6 Å². The van der Waals surface area contributed by atoms with Gasteiger partial charge in [-0.2, -0.15) is 11.8 Å². The van der Waals surface area contributed by atoms with Gasteiger partial charge in [0.15, 0.2) is 0 Å². The first-order valence-corrected chi connectivity index (χ1v) is 8.06. The molecule has 18 heavy (non-hydrogen) atoms. The minimum Gasteiger partial charge on any atom is -0.399 e. The van der Waals surface area contributed by atoms with Gasteiger partial charge in [-0.3, -0.25) is 0 Å². The molecule has 0 heterocycles. The van der Waals surface area contributed by atoms with Gasteiger partial charge in [-0.1, -0.05) is 26.0 Å². The standard InChI is InChI=1S/C15H26N2S/c1-3-17(4-2)10-12-18-11-6-8-14-7-5-9-15(16)13-14/h5,7,9,13H,3-4,6,8,10-12,16H2,1-2H3. The van der Waals surface area contributed by atoms with E-state index in [4.69, 9.17) is 5.73 Å². The van der Waals surface area contributed by atoms with Gasteiger partial charge in [0.05, 0.1) is 0 Å². The Bertz CT molecular complexity index is 324. The van der Waals surface area contributed by atoms with Crippen molar-refractivity contribution in [2.75, 3.05) is 36.9 Å². The van der Waals surface area contributed by atoms with E-state index in [1.165, 1.54) is 43.1 Å². The predicted molar refractivity (Wildman–Crippen MR) is 84.3 cm³/mol. The number of aryl methyl sites for hydroxylation is 1. The Kier molecular flexibility index (Phi) is 7.94. The minimum atomic E-state index is 0.877. The summed E-state index contributed by atoms with van der Waals surface area (Å²) in [5.74, 6) is 2.49. The summed E-state index contributed by atoms with van der Waals surface area (Å²) in [4.78, 5) is 2.48. The van der Waals surface area contributed by atoms with E-state index in [1.807, 2.05) is 12.1 Å². The van der Waals surface area contributed by atoms with E-state index in [-0.39, 0.29) is 0 Å². The third-order valence-electron chi connectivity index (χ3n) is 3.15. The normalized spacial score (nSPS) is 11.1. The zero-order valence-corrected chi connectivity index (χ0v) is 12.5. The van der Waals surface area contributed by atoms with Crippen LogP contribution in [0.4, 0.5) is 5.69 Å². The molecule has 2 nitrogen and oxygen atoms in total. The molecule has 3 heteroatoms. The molecule has 0 aliphatic rings. The Balaban J connectivity index is 2.05. The molecule has 0 amide bonds. The van der Waals surface area contributed by atoms with Crippen LogP contribution in [0, 0.1) is 0 Å². The molecule has 0 saturated carbocycles. The van der Waals surface area contributed by atoms with Crippen molar-refractivity contribution in [1.82, 2.24) is 4.90 Å². The minimum absolute atomic E-state index is 0.877. The maximum atomic E-state index is 5.76. The maximum Gasteiger partial charge on any atom is 0.0316 e. The summed E-state index contributed by atoms with van der Waals surface area (Å²) < 4.78 is 0. The van der Waals surface area contributed by atoms with E-state index in [9.17, 15) is 0 Å². The summed E-state index contributed by atoms with van der Waals surface area (Å²) in [5, 5.41) is 0. The van der Waals surface area contributed by atoms with Crippen LogP contribution < -0.4 is 5.73 Å². The summed E-state index contributed by atoms with van der Waals surface area (Å²) >= 11 is 2.06. The molecule has 2 N–H and O–H groups in total. The zero-order chi connectivity index (χ0) is 13.2. The fraction of sp³-hybridized carbons (Fsp3) is 0.600. The Morgan fingerprint density at radius 3 is 2.61 bits per heavy atom. The van der Waals surface area contributed by atoms with Gasteiger partial charge in [0.2, 0.25) is 0 Å². The summed E-state index contributed by atoms with van der Waals surface area (Å²) in [6.45, 7) is 8.01. The molecule has 0 aliphatic carbocycles. The van der Waals surface area contributed by atoms with Crippen LogP contribution in [-0.2, 0) is 6.42 Å². The van der Waals surface area contributed by atoms with E-state index in [0.29, 0.717) is 0 Å². The summed E-state index contributed by atoms with van der Waals surface area (Å²) in [6, 6.07) is 8.23. The fourth-order valence-electron chi connectivity index (χ4n) is 1.96. The lowest BCUT2D eigenvalue weighted by Gasteiger charge is -2.17. The summed E-state index contributed by atoms with van der Waals surface area (Å²) in [7, 11) is 0. The average Bonchev–Trinajstić information content (AvgIpc) is 2.38. The van der Waals surface area contributed by atoms with Gasteiger partial charge in [-0.05, 0) is 49.4 Å². The predicted octanol–water partition coefficient (Wildman–Crippen LogP) is 3.28. The lowest BCUT2D eigenvalue weighted by molar-refractivity contribution is 0.324. The van der Waals surface area contributed by atoms with E-state index in [0.717, 1.165) is 12.1 Å². The number of hydrogen-bond acceptors (Lipinski definition) is 3. The molecule has 0 saturated heterocycles. The van der Waals surface area contributed by atoms with Crippen molar-refractivity contribution >= 4 is 17.4 Å². The Morgan fingerprint density at radius 1 is 1.17 bits per heavy atom. The molecule has 1 aromatic rings. The second-order valence-electron chi connectivity index (χ2n) is 4.49. The second-order valence-corrected chi connectivity index (χ2v) is 5.71. The molecule has 0 radical (unpaired) electrons. The van der Waals surface area contributed by atoms with Gasteiger partial charge in [-0.15, -0.1) is 0 Å². The topological polar surface area (TPSA) is 29.3 Å². The third kappa shape index (κ3) is 6.31. The molecule has 0 bridgehead atoms. The monoisotopic (exact) mass is 266 g/mol. The van der Waals surface area contributed by atoms with E-state index in [1.54, 1.807) is 0 Å². The lowest BCUT2D eigenvalue weighted by atomic mass is 10.1. The number of nitrogens with two attached hydrogens (primary N) is 1. The fourth-order valence-corrected chi connectivity index (χ4v) is 2.90. The number of nitrogens with zero attached hydrogens (tertiary/aromatic N) is 1. The van der Waals surface area contributed by atoms with Crippen LogP contribution >= 0.6 is 11.8 Å². The number of thioether (sulfide) groups is 1. The number of hydrogen-bond donors (Lipinski definition) is 1. The highest BCUT2D eigenvalue weighted by Gasteiger charge is 1.99. The van der Waals surface area contributed by atoms with E-state index >= 15 is 0 Å². The molecule has 1 aromatic carbocycles. The van der Waals surface area contributed by atoms with Gasteiger partial charge in [-0.25, -0.2) is 0 Å². The van der Waals surface area contributed by atoms with Crippen LogP contribution in [0.3, 0.4) is 0 Å². The highest BCUT2D eigenvalue weighted by molar-refractivity contribution is 7.99. The van der Waals surface area contributed by atoms with Gasteiger partial charge < -0.3 is 10.6 Å². The van der Waals surface area contributed by atoms with Crippen molar-refractivity contribution in [3.63, 3.8) is 0 Å². The van der Waals surface area contributed by atoms with Crippen LogP contribution in [0.5, 0.6) is 0 Å². The Hall–Kier alpha value is -0.670. The van der Waals surface area contributed by atoms with Crippen molar-refractivity contribution in [1.29, 1.82) is 0 Å².